The highest BCUT2D eigenvalue weighted by molar-refractivity contribution is 6.32. The molecule has 0 bridgehead atoms. The van der Waals surface area contributed by atoms with Crippen molar-refractivity contribution in [2.45, 2.75) is 6.92 Å². The lowest BCUT2D eigenvalue weighted by molar-refractivity contribution is 0.0955. The molecule has 0 atom stereocenters. The molecule has 0 aliphatic heterocycles. The van der Waals surface area contributed by atoms with Crippen molar-refractivity contribution < 1.29 is 4.79 Å². The zero-order chi connectivity index (χ0) is 13.7. The van der Waals surface area contributed by atoms with Crippen molar-refractivity contribution in [3.63, 3.8) is 0 Å². The Bertz CT molecular complexity index is 593. The summed E-state index contributed by atoms with van der Waals surface area (Å²) >= 11 is 6.03. The first-order valence-electron chi connectivity index (χ1n) is 6.25. The van der Waals surface area contributed by atoms with Gasteiger partial charge in [0.05, 0.1) is 11.1 Å². The number of hydrogen-bond acceptors (Lipinski definition) is 3. The first-order valence-corrected chi connectivity index (χ1v) is 6.63. The summed E-state index contributed by atoms with van der Waals surface area (Å²) in [7, 11) is 0. The molecule has 4 nitrogen and oxygen atoms in total. The van der Waals surface area contributed by atoms with E-state index >= 15 is 0 Å². The first-order chi connectivity index (χ1) is 9.22. The Morgan fingerprint density at radius 2 is 2.05 bits per heavy atom. The second-order valence-corrected chi connectivity index (χ2v) is 4.57. The van der Waals surface area contributed by atoms with Gasteiger partial charge in [-0.2, -0.15) is 0 Å². The maximum Gasteiger partial charge on any atom is 0.253 e. The van der Waals surface area contributed by atoms with Crippen LogP contribution in [0, 0.1) is 0 Å². The van der Waals surface area contributed by atoms with Gasteiger partial charge in [0, 0.05) is 29.7 Å². The summed E-state index contributed by atoms with van der Waals surface area (Å²) < 4.78 is 0. The number of carbonyl (C=O) groups is 1. The number of pyridine rings is 1. The lowest BCUT2D eigenvalue weighted by Crippen LogP contribution is -2.31. The van der Waals surface area contributed by atoms with Crippen LogP contribution in [0.25, 0.3) is 10.9 Å². The van der Waals surface area contributed by atoms with E-state index in [0.29, 0.717) is 22.6 Å². The summed E-state index contributed by atoms with van der Waals surface area (Å²) in [6.45, 7) is 4.23. The number of benzene rings is 1. The third-order valence-electron chi connectivity index (χ3n) is 2.75. The largest absolute Gasteiger partial charge is 0.351 e. The second kappa shape index (κ2) is 9.79. The van der Waals surface area contributed by atoms with E-state index in [1.54, 1.807) is 18.3 Å². The van der Waals surface area contributed by atoms with E-state index in [1.165, 1.54) is 0 Å². The summed E-state index contributed by atoms with van der Waals surface area (Å²) in [6.07, 6.45) is 1.67. The monoisotopic (exact) mass is 349 g/mol. The standard InChI is InChI=1S/C14H16ClN3O.2ClH/c1-2-16-6-7-18-14(19)12-9-11(15)8-10-4-3-5-17-13(10)12;;/h3-5,8-9,16H,2,6-7H2,1H3,(H,18,19);2*1H. The third-order valence-corrected chi connectivity index (χ3v) is 2.97. The van der Waals surface area contributed by atoms with Crippen molar-refractivity contribution in [1.82, 2.24) is 15.6 Å². The molecule has 2 N–H and O–H groups in total. The van der Waals surface area contributed by atoms with Crippen LogP contribution in [0.4, 0.5) is 0 Å². The minimum Gasteiger partial charge on any atom is -0.351 e. The molecular formula is C14H18Cl3N3O. The minimum atomic E-state index is -0.149. The maximum absolute atomic E-state index is 12.1. The molecule has 1 aromatic heterocycles. The Kier molecular flexibility index (Phi) is 9.29. The number of halogens is 3. The predicted octanol–water partition coefficient (Wildman–Crippen LogP) is 3.07. The molecule has 0 spiro atoms. The van der Waals surface area contributed by atoms with Gasteiger partial charge < -0.3 is 10.6 Å². The van der Waals surface area contributed by atoms with Crippen molar-refractivity contribution in [3.05, 3.63) is 41.0 Å². The van der Waals surface area contributed by atoms with Gasteiger partial charge >= 0.3 is 0 Å². The number of hydrogen-bond donors (Lipinski definition) is 2. The lowest BCUT2D eigenvalue weighted by atomic mass is 10.1. The molecule has 1 amide bonds. The number of amides is 1. The Morgan fingerprint density at radius 1 is 1.29 bits per heavy atom. The molecule has 0 radical (unpaired) electrons. The molecule has 0 unspecified atom stereocenters. The summed E-state index contributed by atoms with van der Waals surface area (Å²) in [5, 5.41) is 7.41. The van der Waals surface area contributed by atoms with Crippen molar-refractivity contribution in [3.8, 4) is 0 Å². The van der Waals surface area contributed by atoms with E-state index in [0.717, 1.165) is 18.5 Å². The smallest absolute Gasteiger partial charge is 0.253 e. The molecule has 0 saturated heterocycles. The average Bonchev–Trinajstić information content (AvgIpc) is 2.42. The molecule has 0 aliphatic rings. The van der Waals surface area contributed by atoms with E-state index in [2.05, 4.69) is 15.6 Å². The van der Waals surface area contributed by atoms with Crippen LogP contribution in [0.2, 0.25) is 5.02 Å². The predicted molar refractivity (Wildman–Crippen MR) is 92.1 cm³/mol. The fraction of sp³-hybridized carbons (Fsp3) is 0.286. The molecular weight excluding hydrogens is 333 g/mol. The summed E-state index contributed by atoms with van der Waals surface area (Å²) in [5.74, 6) is -0.149. The fourth-order valence-electron chi connectivity index (χ4n) is 1.87. The lowest BCUT2D eigenvalue weighted by Gasteiger charge is -2.08. The van der Waals surface area contributed by atoms with Crippen molar-refractivity contribution in [2.75, 3.05) is 19.6 Å². The Hall–Kier alpha value is -1.07. The molecule has 0 saturated carbocycles. The number of likely N-dealkylation sites (N-methyl/N-ethyl adjacent to an activating group) is 1. The highest BCUT2D eigenvalue weighted by Gasteiger charge is 2.11. The maximum atomic E-state index is 12.1. The molecule has 1 heterocycles. The number of carbonyl (C=O) groups excluding carboxylic acids is 1. The molecule has 7 heteroatoms. The number of aromatic nitrogens is 1. The van der Waals surface area contributed by atoms with Gasteiger partial charge in [0.1, 0.15) is 0 Å². The Balaban J connectivity index is 0.00000200. The van der Waals surface area contributed by atoms with Gasteiger partial charge in [-0.15, -0.1) is 24.8 Å². The van der Waals surface area contributed by atoms with Gasteiger partial charge in [-0.25, -0.2) is 0 Å². The van der Waals surface area contributed by atoms with Crippen molar-refractivity contribution in [2.24, 2.45) is 0 Å². The number of nitrogens with zero attached hydrogens (tertiary/aromatic N) is 1. The summed E-state index contributed by atoms with van der Waals surface area (Å²) in [6, 6.07) is 7.17. The Labute approximate surface area is 141 Å². The van der Waals surface area contributed by atoms with Crippen LogP contribution in [0.15, 0.2) is 30.5 Å². The van der Waals surface area contributed by atoms with Crippen LogP contribution in [-0.4, -0.2) is 30.5 Å². The van der Waals surface area contributed by atoms with Crippen LogP contribution < -0.4 is 10.6 Å². The van der Waals surface area contributed by atoms with Gasteiger partial charge in [-0.3, -0.25) is 9.78 Å². The zero-order valence-electron chi connectivity index (χ0n) is 11.6. The zero-order valence-corrected chi connectivity index (χ0v) is 13.9. The number of fused-ring (bicyclic) bond motifs is 1. The molecule has 0 fully saturated rings. The highest BCUT2D eigenvalue weighted by Crippen LogP contribution is 2.22. The SMILES string of the molecule is CCNCCNC(=O)c1cc(Cl)cc2cccnc12.Cl.Cl. The highest BCUT2D eigenvalue weighted by atomic mass is 35.5. The van der Waals surface area contributed by atoms with E-state index in [9.17, 15) is 4.79 Å². The van der Waals surface area contributed by atoms with Gasteiger partial charge in [0.2, 0.25) is 0 Å². The molecule has 2 rings (SSSR count). The van der Waals surface area contributed by atoms with Gasteiger partial charge in [0.15, 0.2) is 0 Å². The van der Waals surface area contributed by atoms with E-state index in [4.69, 9.17) is 11.6 Å². The van der Waals surface area contributed by atoms with Crippen LogP contribution in [-0.2, 0) is 0 Å². The molecule has 1 aromatic carbocycles. The minimum absolute atomic E-state index is 0. The third kappa shape index (κ3) is 5.32. The quantitative estimate of drug-likeness (QED) is 0.815. The molecule has 0 aliphatic carbocycles. The number of rotatable bonds is 5. The van der Waals surface area contributed by atoms with Gasteiger partial charge in [-0.1, -0.05) is 24.6 Å². The average molecular weight is 351 g/mol. The first kappa shape index (κ1) is 19.9. The molecule has 2 aromatic rings. The van der Waals surface area contributed by atoms with E-state index < -0.39 is 0 Å². The molecule has 116 valence electrons. The number of nitrogens with one attached hydrogen (secondary N) is 2. The summed E-state index contributed by atoms with van der Waals surface area (Å²) in [5.41, 5.74) is 1.19. The van der Waals surface area contributed by atoms with Gasteiger partial charge in [0.25, 0.3) is 5.91 Å². The van der Waals surface area contributed by atoms with E-state index in [1.807, 2.05) is 19.1 Å². The second-order valence-electron chi connectivity index (χ2n) is 4.14. The summed E-state index contributed by atoms with van der Waals surface area (Å²) in [4.78, 5) is 16.4. The van der Waals surface area contributed by atoms with Crippen LogP contribution in [0.5, 0.6) is 0 Å². The fourth-order valence-corrected chi connectivity index (χ4v) is 2.09. The topological polar surface area (TPSA) is 54.0 Å². The van der Waals surface area contributed by atoms with Crippen molar-refractivity contribution in [1.29, 1.82) is 0 Å². The van der Waals surface area contributed by atoms with Crippen LogP contribution in [0.1, 0.15) is 17.3 Å². The van der Waals surface area contributed by atoms with Gasteiger partial charge in [-0.05, 0) is 24.7 Å². The van der Waals surface area contributed by atoms with Crippen LogP contribution in [0.3, 0.4) is 0 Å². The molecule has 21 heavy (non-hydrogen) atoms. The Morgan fingerprint density at radius 3 is 2.76 bits per heavy atom. The van der Waals surface area contributed by atoms with Crippen LogP contribution >= 0.6 is 36.4 Å². The van der Waals surface area contributed by atoms with Crippen molar-refractivity contribution >= 4 is 53.2 Å². The van der Waals surface area contributed by atoms with E-state index in [-0.39, 0.29) is 30.7 Å². The normalized spacial score (nSPS) is 9.62.